The van der Waals surface area contributed by atoms with Gasteiger partial charge in [0.2, 0.25) is 5.78 Å². The standard InChI is InChI=1S/C43H47F3N2O5S/c1-28-8-7-22-41(3)37(35-19-15-31(24-33(49)16-11-28)25-36(35)39(50)38-20-12-29(2)54-38)21-23-42(41,52)27-48(40(51)47-32-9-5-4-6-10-32)26-30-13-17-34(18-14-30)53-43(44,45)46/h4-6,8-10,12-15,17-20,25,33,37,49,52H,7,11,16,21-24,26-27H2,1-3H3,(H,47,51)/t33-,37-,41-,42+/m0/s1. The highest BCUT2D eigenvalue weighted by molar-refractivity contribution is 7.14. The Bertz CT molecular complexity index is 1980. The smallest absolute Gasteiger partial charge is 0.406 e. The zero-order chi connectivity index (χ0) is 38.7. The topological polar surface area (TPSA) is 99.1 Å². The number of hydrogen-bond acceptors (Lipinski definition) is 6. The number of thiophene rings is 1. The summed E-state index contributed by atoms with van der Waals surface area (Å²) in [5, 5.41) is 26.8. The first-order valence-electron chi connectivity index (χ1n) is 18.4. The molecule has 2 amide bonds. The Morgan fingerprint density at radius 2 is 1.72 bits per heavy atom. The molecule has 1 aromatic heterocycles. The average molecular weight is 761 g/mol. The predicted octanol–water partition coefficient (Wildman–Crippen LogP) is 9.96. The van der Waals surface area contributed by atoms with E-state index in [2.05, 4.69) is 23.1 Å². The largest absolute Gasteiger partial charge is 0.573 e. The zero-order valence-corrected chi connectivity index (χ0v) is 31.6. The van der Waals surface area contributed by atoms with Gasteiger partial charge in [-0.25, -0.2) is 4.79 Å². The van der Waals surface area contributed by atoms with Crippen LogP contribution in [0.4, 0.5) is 23.7 Å². The van der Waals surface area contributed by atoms with Gasteiger partial charge in [-0.2, -0.15) is 0 Å². The van der Waals surface area contributed by atoms with Crippen molar-refractivity contribution in [3.05, 3.63) is 129 Å². The van der Waals surface area contributed by atoms with Gasteiger partial charge < -0.3 is 25.2 Å². The number of para-hydroxylation sites is 1. The number of ketones is 1. The van der Waals surface area contributed by atoms with E-state index in [0.717, 1.165) is 21.6 Å². The minimum atomic E-state index is -4.84. The van der Waals surface area contributed by atoms with E-state index in [1.54, 1.807) is 24.3 Å². The van der Waals surface area contributed by atoms with E-state index in [-0.39, 0.29) is 30.5 Å². The number of hydrogen-bond donors (Lipinski definition) is 3. The molecule has 11 heteroatoms. The lowest BCUT2D eigenvalue weighted by atomic mass is 9.64. The van der Waals surface area contributed by atoms with Crippen LogP contribution in [0, 0.1) is 12.3 Å². The maximum Gasteiger partial charge on any atom is 0.573 e. The zero-order valence-electron chi connectivity index (χ0n) is 30.8. The van der Waals surface area contributed by atoms with Gasteiger partial charge in [-0.1, -0.05) is 61.0 Å². The van der Waals surface area contributed by atoms with Crippen molar-refractivity contribution in [3.63, 3.8) is 0 Å². The Hall–Kier alpha value is -4.45. The summed E-state index contributed by atoms with van der Waals surface area (Å²) in [5.74, 6) is -0.721. The van der Waals surface area contributed by atoms with Gasteiger partial charge in [-0.05, 0) is 124 Å². The van der Waals surface area contributed by atoms with Crippen LogP contribution < -0.4 is 10.1 Å². The molecule has 0 saturated heterocycles. The van der Waals surface area contributed by atoms with E-state index in [9.17, 15) is 33.0 Å². The molecule has 2 bridgehead atoms. The molecule has 3 aliphatic carbocycles. The van der Waals surface area contributed by atoms with Gasteiger partial charge in [0.15, 0.2) is 0 Å². The normalized spacial score (nSPS) is 23.2. The Labute approximate surface area is 318 Å². The minimum absolute atomic E-state index is 0.00548. The molecule has 3 aliphatic rings. The third-order valence-electron chi connectivity index (χ3n) is 11.2. The average Bonchev–Trinajstić information content (AvgIpc) is 3.67. The van der Waals surface area contributed by atoms with Crippen LogP contribution in [0.1, 0.15) is 95.1 Å². The number of halogens is 3. The lowest BCUT2D eigenvalue weighted by molar-refractivity contribution is -0.274. The van der Waals surface area contributed by atoms with E-state index >= 15 is 0 Å². The van der Waals surface area contributed by atoms with Crippen molar-refractivity contribution in [2.24, 2.45) is 5.41 Å². The maximum absolute atomic E-state index is 14.3. The van der Waals surface area contributed by atoms with Crippen molar-refractivity contribution in [2.45, 2.75) is 96.2 Å². The van der Waals surface area contributed by atoms with Crippen LogP contribution in [0.2, 0.25) is 0 Å². The first-order chi connectivity index (χ1) is 25.6. The summed E-state index contributed by atoms with van der Waals surface area (Å²) in [6.07, 6.45) is 0.561. The Morgan fingerprint density at radius 3 is 2.41 bits per heavy atom. The molecule has 4 aromatic rings. The number of carbonyl (C=O) groups is 2. The van der Waals surface area contributed by atoms with Crippen molar-refractivity contribution in [1.29, 1.82) is 0 Å². The van der Waals surface area contributed by atoms with Crippen LogP contribution in [0.25, 0.3) is 0 Å². The number of fused-ring (bicyclic) bond motifs is 8. The van der Waals surface area contributed by atoms with Gasteiger partial charge in [0.25, 0.3) is 0 Å². The molecule has 286 valence electrons. The Balaban J connectivity index is 1.39. The quantitative estimate of drug-likeness (QED) is 0.123. The van der Waals surface area contributed by atoms with Gasteiger partial charge in [0, 0.05) is 28.1 Å². The molecule has 7 rings (SSSR count). The molecule has 1 fully saturated rings. The molecule has 3 N–H and O–H groups in total. The number of aliphatic hydroxyl groups is 2. The molecule has 0 spiro atoms. The molecule has 0 radical (unpaired) electrons. The Kier molecular flexibility index (Phi) is 11.7. The second-order valence-electron chi connectivity index (χ2n) is 15.0. The van der Waals surface area contributed by atoms with Crippen molar-refractivity contribution in [1.82, 2.24) is 4.90 Å². The number of aliphatic hydroxyl groups excluding tert-OH is 1. The molecular formula is C43H47F3N2O5S. The lowest BCUT2D eigenvalue weighted by Gasteiger charge is -2.46. The van der Waals surface area contributed by atoms with Crippen LogP contribution in [-0.2, 0) is 13.0 Å². The summed E-state index contributed by atoms with van der Waals surface area (Å²) in [5.41, 5.74) is 2.28. The third-order valence-corrected chi connectivity index (χ3v) is 12.2. The number of amides is 2. The molecule has 4 atom stereocenters. The number of benzene rings is 3. The number of ether oxygens (including phenoxy) is 1. The summed E-state index contributed by atoms with van der Waals surface area (Å²) in [4.78, 5) is 31.5. The summed E-state index contributed by atoms with van der Waals surface area (Å²) in [6, 6.07) is 23.5. The first kappa shape index (κ1) is 39.2. The molecule has 54 heavy (non-hydrogen) atoms. The molecule has 0 aliphatic heterocycles. The van der Waals surface area contributed by atoms with Gasteiger partial charge in [-0.15, -0.1) is 24.5 Å². The second kappa shape index (κ2) is 16.1. The molecule has 3 aromatic carbocycles. The fourth-order valence-corrected chi connectivity index (χ4v) is 8.96. The van der Waals surface area contributed by atoms with Gasteiger partial charge in [-0.3, -0.25) is 4.79 Å². The van der Waals surface area contributed by atoms with Crippen LogP contribution in [0.15, 0.2) is 96.6 Å². The van der Waals surface area contributed by atoms with Crippen LogP contribution in [0.3, 0.4) is 0 Å². The fraction of sp³-hybridized carbons (Fsp3) is 0.395. The minimum Gasteiger partial charge on any atom is -0.406 e. The molecule has 1 saturated carbocycles. The highest BCUT2D eigenvalue weighted by Gasteiger charge is 2.57. The highest BCUT2D eigenvalue weighted by atomic mass is 32.1. The van der Waals surface area contributed by atoms with Crippen LogP contribution >= 0.6 is 11.3 Å². The van der Waals surface area contributed by atoms with Crippen molar-refractivity contribution >= 4 is 28.8 Å². The Morgan fingerprint density at radius 1 is 0.981 bits per heavy atom. The number of anilines is 1. The molecule has 7 nitrogen and oxygen atoms in total. The molecule has 1 heterocycles. The number of allylic oxidation sites excluding steroid dienone is 2. The van der Waals surface area contributed by atoms with E-state index < -0.39 is 29.5 Å². The SMILES string of the molecule is CC1=CCC[C@@]2(C)[C@@H](CC[C@@]2(O)CN(Cc2ccc(OC(F)(F)F)cc2)C(=O)Nc2ccccc2)c2ccc(cc2C(=O)c2ccc(C)s2)C[C@@H](O)CC1. The van der Waals surface area contributed by atoms with Crippen LogP contribution in [-0.4, -0.2) is 51.5 Å². The van der Waals surface area contributed by atoms with E-state index in [1.165, 1.54) is 40.5 Å². The number of carbonyl (C=O) groups excluding carboxylic acids is 2. The highest BCUT2D eigenvalue weighted by Crippen LogP contribution is 2.59. The lowest BCUT2D eigenvalue weighted by Crippen LogP contribution is -2.54. The monoisotopic (exact) mass is 760 g/mol. The summed E-state index contributed by atoms with van der Waals surface area (Å²) in [6.45, 7) is 6.00. The summed E-state index contributed by atoms with van der Waals surface area (Å²) in [7, 11) is 0. The summed E-state index contributed by atoms with van der Waals surface area (Å²) < 4.78 is 42.7. The number of aryl methyl sites for hydroxylation is 1. The van der Waals surface area contributed by atoms with Gasteiger partial charge in [0.1, 0.15) is 5.75 Å². The predicted molar refractivity (Wildman–Crippen MR) is 205 cm³/mol. The van der Waals surface area contributed by atoms with Crippen molar-refractivity contribution in [3.8, 4) is 5.75 Å². The second-order valence-corrected chi connectivity index (χ2v) is 16.3. The maximum atomic E-state index is 14.3. The number of rotatable bonds is 8. The van der Waals surface area contributed by atoms with Gasteiger partial charge >= 0.3 is 12.4 Å². The number of nitrogens with one attached hydrogen (secondary N) is 1. The summed E-state index contributed by atoms with van der Waals surface area (Å²) >= 11 is 1.43. The number of urea groups is 1. The molecule has 0 unspecified atom stereocenters. The van der Waals surface area contributed by atoms with E-state index in [4.69, 9.17) is 0 Å². The third kappa shape index (κ3) is 9.08. The number of alkyl halides is 3. The van der Waals surface area contributed by atoms with Crippen molar-refractivity contribution in [2.75, 3.05) is 11.9 Å². The van der Waals surface area contributed by atoms with E-state index in [1.807, 2.05) is 50.2 Å². The van der Waals surface area contributed by atoms with E-state index in [0.29, 0.717) is 66.6 Å². The fourth-order valence-electron chi connectivity index (χ4n) is 8.14. The number of nitrogens with zero attached hydrogens (tertiary/aromatic N) is 1. The van der Waals surface area contributed by atoms with Crippen molar-refractivity contribution < 1.29 is 37.7 Å². The van der Waals surface area contributed by atoms with Crippen LogP contribution in [0.5, 0.6) is 5.75 Å². The molecular weight excluding hydrogens is 714 g/mol. The van der Waals surface area contributed by atoms with Gasteiger partial charge in [0.05, 0.1) is 23.1 Å². The first-order valence-corrected chi connectivity index (χ1v) is 19.2.